The first-order valence-electron chi connectivity index (χ1n) is 12.9. The Kier molecular flexibility index (Phi) is 8.39. The van der Waals surface area contributed by atoms with Gasteiger partial charge in [0, 0.05) is 12.8 Å². The van der Waals surface area contributed by atoms with Crippen molar-refractivity contribution in [2.24, 2.45) is 0 Å². The largest absolute Gasteiger partial charge is 0.287 e. The maximum Gasteiger partial charge on any atom is 0.196 e. The van der Waals surface area contributed by atoms with Gasteiger partial charge in [-0.15, -0.1) is 22.7 Å². The Hall–Kier alpha value is -3.30. The molecule has 0 saturated carbocycles. The van der Waals surface area contributed by atoms with Crippen LogP contribution in [0.1, 0.15) is 35.1 Å². The lowest BCUT2D eigenvalue weighted by Gasteiger charge is -2.02. The van der Waals surface area contributed by atoms with Crippen molar-refractivity contribution in [2.45, 2.75) is 34.4 Å². The number of carbonyl (C=O) groups is 2. The number of hydrogen-bond acceptors (Lipinski definition) is 8. The molecule has 4 aromatic carbocycles. The summed E-state index contributed by atoms with van der Waals surface area (Å²) in [7, 11) is 0. The molecule has 40 heavy (non-hydrogen) atoms. The van der Waals surface area contributed by atoms with Gasteiger partial charge in [-0.2, -0.15) is 0 Å². The van der Waals surface area contributed by atoms with Crippen LogP contribution in [0.15, 0.2) is 106 Å². The van der Waals surface area contributed by atoms with E-state index in [1.54, 1.807) is 22.7 Å². The fraction of sp³-hybridized carbons (Fsp3) is 0.125. The molecule has 0 unspecified atom stereocenters. The summed E-state index contributed by atoms with van der Waals surface area (Å²) in [4.78, 5) is 34.8. The van der Waals surface area contributed by atoms with E-state index in [1.807, 2.05) is 60.7 Å². The fourth-order valence-electron chi connectivity index (χ4n) is 4.47. The van der Waals surface area contributed by atoms with Gasteiger partial charge in [0.1, 0.15) is 0 Å². The lowest BCUT2D eigenvalue weighted by Crippen LogP contribution is -1.97. The van der Waals surface area contributed by atoms with E-state index in [1.165, 1.54) is 22.3 Å². The minimum absolute atomic E-state index is 0.0490. The minimum Gasteiger partial charge on any atom is -0.287 e. The molecular weight excluding hydrogens is 573 g/mol. The van der Waals surface area contributed by atoms with E-state index in [-0.39, 0.29) is 23.1 Å². The molecule has 0 amide bonds. The normalized spacial score (nSPS) is 11.3. The number of benzene rings is 4. The molecule has 2 heterocycles. The highest BCUT2D eigenvalue weighted by Gasteiger charge is 2.17. The summed E-state index contributed by atoms with van der Waals surface area (Å²) in [6, 6.07) is 32.9. The summed E-state index contributed by atoms with van der Waals surface area (Å²) in [5, 5.41) is -0.0980. The molecule has 198 valence electrons. The van der Waals surface area contributed by atoms with Gasteiger partial charge in [-0.25, -0.2) is 9.97 Å². The monoisotopic (exact) mass is 596 g/mol. The van der Waals surface area contributed by atoms with Crippen molar-refractivity contribution >= 4 is 76.9 Å². The summed E-state index contributed by atoms with van der Waals surface area (Å²) < 4.78 is 3.65. The van der Waals surface area contributed by atoms with Gasteiger partial charge in [0.2, 0.25) is 0 Å². The Balaban J connectivity index is 1.06. The zero-order valence-electron chi connectivity index (χ0n) is 21.4. The van der Waals surface area contributed by atoms with Gasteiger partial charge in [0.05, 0.1) is 20.4 Å². The first kappa shape index (κ1) is 26.9. The average Bonchev–Trinajstić information content (AvgIpc) is 3.57. The number of nitrogens with zero attached hydrogens (tertiary/aromatic N) is 2. The van der Waals surface area contributed by atoms with E-state index in [0.717, 1.165) is 65.5 Å². The Labute approximate surface area is 248 Å². The van der Waals surface area contributed by atoms with Gasteiger partial charge in [-0.1, -0.05) is 84.9 Å². The number of fused-ring (bicyclic) bond motifs is 2. The molecule has 6 rings (SSSR count). The van der Waals surface area contributed by atoms with Crippen molar-refractivity contribution < 1.29 is 9.59 Å². The van der Waals surface area contributed by atoms with Crippen molar-refractivity contribution in [3.8, 4) is 0 Å². The first-order chi connectivity index (χ1) is 19.6. The van der Waals surface area contributed by atoms with Crippen LogP contribution in [0.25, 0.3) is 20.4 Å². The summed E-state index contributed by atoms with van der Waals surface area (Å²) in [6.45, 7) is 0. The average molecular weight is 597 g/mol. The highest BCUT2D eigenvalue weighted by Crippen LogP contribution is 2.36. The molecule has 2 aromatic heterocycles. The van der Waals surface area contributed by atoms with E-state index in [2.05, 4.69) is 46.4 Å². The number of thioether (sulfide) groups is 2. The van der Waals surface area contributed by atoms with Gasteiger partial charge in [0.15, 0.2) is 18.9 Å². The van der Waals surface area contributed by atoms with Crippen LogP contribution in [-0.2, 0) is 22.4 Å². The van der Waals surface area contributed by atoms with Crippen LogP contribution in [-0.4, -0.2) is 20.2 Å². The third-order valence-corrected chi connectivity index (χ3v) is 10.6. The smallest absolute Gasteiger partial charge is 0.196 e. The van der Waals surface area contributed by atoms with Crippen LogP contribution in [0, 0.1) is 0 Å². The minimum atomic E-state index is -0.0490. The second-order valence-corrected chi connectivity index (χ2v) is 13.9. The third-order valence-electron chi connectivity index (χ3n) is 6.36. The summed E-state index contributed by atoms with van der Waals surface area (Å²) in [5.74, 6) is 0. The molecule has 0 atom stereocenters. The lowest BCUT2D eigenvalue weighted by molar-refractivity contribution is -0.115. The molecule has 0 spiro atoms. The predicted molar refractivity (Wildman–Crippen MR) is 169 cm³/mol. The quantitative estimate of drug-likeness (QED) is 0.156. The summed E-state index contributed by atoms with van der Waals surface area (Å²) >= 11 is 5.36. The summed E-state index contributed by atoms with van der Waals surface area (Å²) in [5.41, 5.74) is 6.70. The van der Waals surface area contributed by atoms with Crippen LogP contribution in [0.2, 0.25) is 0 Å². The Morgan fingerprint density at radius 3 is 1.40 bits per heavy atom. The number of thiazole rings is 2. The second kappa shape index (κ2) is 12.5. The third kappa shape index (κ3) is 6.53. The van der Waals surface area contributed by atoms with E-state index >= 15 is 0 Å². The molecular formula is C32H24N2O2S4. The molecule has 0 aliphatic heterocycles. The molecule has 8 heteroatoms. The van der Waals surface area contributed by atoms with Gasteiger partial charge in [-0.05, 0) is 70.8 Å². The van der Waals surface area contributed by atoms with E-state index in [0.29, 0.717) is 0 Å². The number of carbonyl (C=O) groups excluding carboxylic acids is 2. The molecule has 0 saturated heterocycles. The Morgan fingerprint density at radius 2 is 0.975 bits per heavy atom. The molecule has 0 aliphatic carbocycles. The van der Waals surface area contributed by atoms with E-state index in [9.17, 15) is 9.59 Å². The van der Waals surface area contributed by atoms with E-state index in [4.69, 9.17) is 0 Å². The number of aromatic nitrogens is 2. The second-order valence-electron chi connectivity index (χ2n) is 9.26. The predicted octanol–water partition coefficient (Wildman–Crippen LogP) is 8.81. The first-order valence-corrected chi connectivity index (χ1v) is 16.1. The molecule has 0 bridgehead atoms. The Bertz CT molecular complexity index is 1660. The lowest BCUT2D eigenvalue weighted by atomic mass is 10.0. The Morgan fingerprint density at radius 1 is 0.550 bits per heavy atom. The van der Waals surface area contributed by atoms with Crippen molar-refractivity contribution in [1.29, 1.82) is 0 Å². The molecule has 0 N–H and O–H groups in total. The van der Waals surface area contributed by atoms with Gasteiger partial charge >= 0.3 is 0 Å². The molecule has 0 aliphatic rings. The highest BCUT2D eigenvalue weighted by molar-refractivity contribution is 8.15. The highest BCUT2D eigenvalue weighted by atomic mass is 32.2. The van der Waals surface area contributed by atoms with Crippen molar-refractivity contribution in [3.05, 3.63) is 119 Å². The topological polar surface area (TPSA) is 59.9 Å². The van der Waals surface area contributed by atoms with Gasteiger partial charge in [0.25, 0.3) is 0 Å². The molecule has 0 fully saturated rings. The molecule has 0 radical (unpaired) electrons. The van der Waals surface area contributed by atoms with Crippen molar-refractivity contribution in [1.82, 2.24) is 9.97 Å². The molecule has 6 aromatic rings. The van der Waals surface area contributed by atoms with Gasteiger partial charge in [-0.3, -0.25) is 9.59 Å². The SMILES string of the molecule is O=C(CCC(=O)Sc1nc2cccc(Cc3ccccc3)c2s1)Sc1nc2cccc(Cc3ccccc3)c2s1. The van der Waals surface area contributed by atoms with Crippen LogP contribution in [0.5, 0.6) is 0 Å². The zero-order chi connectivity index (χ0) is 27.3. The van der Waals surface area contributed by atoms with E-state index < -0.39 is 0 Å². The maximum atomic E-state index is 12.7. The van der Waals surface area contributed by atoms with Crippen LogP contribution >= 0.6 is 46.2 Å². The fourth-order valence-corrected chi connectivity index (χ4v) is 8.56. The van der Waals surface area contributed by atoms with Crippen molar-refractivity contribution in [3.63, 3.8) is 0 Å². The number of rotatable bonds is 9. The summed E-state index contributed by atoms with van der Waals surface area (Å²) in [6.07, 6.45) is 1.99. The maximum absolute atomic E-state index is 12.7. The van der Waals surface area contributed by atoms with Gasteiger partial charge < -0.3 is 0 Å². The zero-order valence-corrected chi connectivity index (χ0v) is 24.7. The van der Waals surface area contributed by atoms with Crippen LogP contribution < -0.4 is 0 Å². The molecule has 4 nitrogen and oxygen atoms in total. The van der Waals surface area contributed by atoms with Crippen LogP contribution in [0.4, 0.5) is 0 Å². The van der Waals surface area contributed by atoms with Crippen molar-refractivity contribution in [2.75, 3.05) is 0 Å². The standard InChI is InChI=1S/C32H24N2O2S4/c35-27(37-31-33-25-15-7-13-23(29(25)39-31)19-21-9-3-1-4-10-21)17-18-28(36)38-32-34-26-16-8-14-24(30(26)40-32)20-22-11-5-2-6-12-22/h1-16H,17-20H2. The number of hydrogen-bond donors (Lipinski definition) is 0. The van der Waals surface area contributed by atoms with Crippen LogP contribution in [0.3, 0.4) is 0 Å².